The molecule has 1 N–H and O–H groups in total. The van der Waals surface area contributed by atoms with Crippen LogP contribution in [0.4, 0.5) is 4.39 Å². The highest BCUT2D eigenvalue weighted by Gasteiger charge is 2.26. The van der Waals surface area contributed by atoms with Crippen molar-refractivity contribution < 1.29 is 17.6 Å². The molecule has 0 unspecified atom stereocenters. The summed E-state index contributed by atoms with van der Waals surface area (Å²) >= 11 is 0. The Morgan fingerprint density at radius 1 is 1.08 bits per heavy atom. The SMILES string of the molecule is C[C@H](C(=O)N[C@H](Cc1ccc(F)cc1)c1ccccc1)S(C)(=O)=O. The first-order valence-electron chi connectivity index (χ1n) is 7.56. The van der Waals surface area contributed by atoms with Crippen LogP contribution >= 0.6 is 0 Å². The van der Waals surface area contributed by atoms with Crippen LogP contribution < -0.4 is 5.32 Å². The van der Waals surface area contributed by atoms with E-state index in [0.717, 1.165) is 17.4 Å². The van der Waals surface area contributed by atoms with Gasteiger partial charge in [-0.3, -0.25) is 4.79 Å². The second-order valence-corrected chi connectivity index (χ2v) is 8.14. The van der Waals surface area contributed by atoms with Crippen molar-refractivity contribution in [3.63, 3.8) is 0 Å². The molecular weight excluding hydrogens is 329 g/mol. The summed E-state index contributed by atoms with van der Waals surface area (Å²) in [6, 6.07) is 14.9. The van der Waals surface area contributed by atoms with Gasteiger partial charge in [-0.15, -0.1) is 0 Å². The molecule has 2 atom stereocenters. The average molecular weight is 349 g/mol. The number of hydrogen-bond acceptors (Lipinski definition) is 3. The highest BCUT2D eigenvalue weighted by atomic mass is 32.2. The molecule has 0 heterocycles. The van der Waals surface area contributed by atoms with Gasteiger partial charge in [0.1, 0.15) is 11.1 Å². The first kappa shape index (κ1) is 18.1. The predicted molar refractivity (Wildman–Crippen MR) is 91.7 cm³/mol. The summed E-state index contributed by atoms with van der Waals surface area (Å²) in [4.78, 5) is 12.3. The van der Waals surface area contributed by atoms with E-state index in [4.69, 9.17) is 0 Å². The molecule has 6 heteroatoms. The van der Waals surface area contributed by atoms with Crippen molar-refractivity contribution in [3.8, 4) is 0 Å². The third kappa shape index (κ3) is 4.89. The van der Waals surface area contributed by atoms with Crippen molar-refractivity contribution in [3.05, 3.63) is 71.5 Å². The van der Waals surface area contributed by atoms with Crippen LogP contribution in [0.5, 0.6) is 0 Å². The van der Waals surface area contributed by atoms with Gasteiger partial charge in [-0.1, -0.05) is 42.5 Å². The number of halogens is 1. The number of sulfone groups is 1. The van der Waals surface area contributed by atoms with Crippen LogP contribution in [0.2, 0.25) is 0 Å². The van der Waals surface area contributed by atoms with Gasteiger partial charge in [0, 0.05) is 6.26 Å². The van der Waals surface area contributed by atoms with Crippen molar-refractivity contribution in [1.29, 1.82) is 0 Å². The zero-order chi connectivity index (χ0) is 17.7. The Kier molecular flexibility index (Phi) is 5.72. The molecule has 128 valence electrons. The molecule has 0 fully saturated rings. The topological polar surface area (TPSA) is 63.2 Å². The fourth-order valence-corrected chi connectivity index (χ4v) is 2.73. The Morgan fingerprint density at radius 2 is 1.67 bits per heavy atom. The minimum absolute atomic E-state index is 0.329. The lowest BCUT2D eigenvalue weighted by Gasteiger charge is -2.21. The molecule has 0 saturated carbocycles. The van der Waals surface area contributed by atoms with Crippen molar-refractivity contribution in [2.75, 3.05) is 6.26 Å². The highest BCUT2D eigenvalue weighted by molar-refractivity contribution is 7.92. The van der Waals surface area contributed by atoms with Crippen LogP contribution in [0, 0.1) is 5.82 Å². The van der Waals surface area contributed by atoms with Crippen molar-refractivity contribution >= 4 is 15.7 Å². The molecule has 24 heavy (non-hydrogen) atoms. The Bertz CT molecular complexity index is 789. The van der Waals surface area contributed by atoms with Crippen LogP contribution in [-0.4, -0.2) is 25.8 Å². The minimum atomic E-state index is -3.47. The molecule has 0 spiro atoms. The van der Waals surface area contributed by atoms with Crippen LogP contribution in [0.1, 0.15) is 24.1 Å². The van der Waals surface area contributed by atoms with E-state index in [-0.39, 0.29) is 5.82 Å². The maximum absolute atomic E-state index is 13.1. The zero-order valence-electron chi connectivity index (χ0n) is 13.6. The lowest BCUT2D eigenvalue weighted by Crippen LogP contribution is -2.40. The fraction of sp³-hybridized carbons (Fsp3) is 0.278. The van der Waals surface area contributed by atoms with Gasteiger partial charge >= 0.3 is 0 Å². The molecule has 0 aromatic heterocycles. The van der Waals surface area contributed by atoms with E-state index in [1.165, 1.54) is 19.1 Å². The molecule has 0 radical (unpaired) electrons. The summed E-state index contributed by atoms with van der Waals surface area (Å²) in [6.45, 7) is 1.37. The molecule has 0 saturated heterocycles. The van der Waals surface area contributed by atoms with E-state index in [1.54, 1.807) is 12.1 Å². The maximum Gasteiger partial charge on any atom is 0.238 e. The summed E-state index contributed by atoms with van der Waals surface area (Å²) in [5.74, 6) is -0.877. The number of benzene rings is 2. The maximum atomic E-state index is 13.1. The van der Waals surface area contributed by atoms with E-state index in [9.17, 15) is 17.6 Å². The van der Waals surface area contributed by atoms with Crippen molar-refractivity contribution in [2.24, 2.45) is 0 Å². The van der Waals surface area contributed by atoms with E-state index in [0.29, 0.717) is 6.42 Å². The Balaban J connectivity index is 2.23. The van der Waals surface area contributed by atoms with Gasteiger partial charge in [0.15, 0.2) is 9.84 Å². The highest BCUT2D eigenvalue weighted by Crippen LogP contribution is 2.19. The zero-order valence-corrected chi connectivity index (χ0v) is 14.4. The van der Waals surface area contributed by atoms with Gasteiger partial charge in [0.2, 0.25) is 5.91 Å². The standard InChI is InChI=1S/C18H20FNO3S/c1-13(24(2,22)23)18(21)20-17(15-6-4-3-5-7-15)12-14-8-10-16(19)11-9-14/h3-11,13,17H,12H2,1-2H3,(H,20,21)/t13-,17-/m1/s1. The van der Waals surface area contributed by atoms with Crippen LogP contribution in [-0.2, 0) is 21.1 Å². The molecule has 0 aliphatic rings. The summed E-state index contributed by atoms with van der Waals surface area (Å²) in [6.07, 6.45) is 1.47. The quantitative estimate of drug-likeness (QED) is 0.872. The summed E-state index contributed by atoms with van der Waals surface area (Å²) in [5.41, 5.74) is 1.70. The van der Waals surface area contributed by atoms with E-state index in [1.807, 2.05) is 30.3 Å². The molecular formula is C18H20FNO3S. The Morgan fingerprint density at radius 3 is 2.21 bits per heavy atom. The average Bonchev–Trinajstić information content (AvgIpc) is 2.55. The number of carbonyl (C=O) groups excluding carboxylic acids is 1. The molecule has 4 nitrogen and oxygen atoms in total. The third-order valence-electron chi connectivity index (χ3n) is 3.88. The Labute approximate surface area is 141 Å². The largest absolute Gasteiger partial charge is 0.348 e. The van der Waals surface area contributed by atoms with Gasteiger partial charge < -0.3 is 5.32 Å². The van der Waals surface area contributed by atoms with Gasteiger partial charge in [-0.25, -0.2) is 12.8 Å². The molecule has 0 aliphatic heterocycles. The number of rotatable bonds is 6. The number of amides is 1. The smallest absolute Gasteiger partial charge is 0.238 e. The van der Waals surface area contributed by atoms with Crippen LogP contribution in [0.15, 0.2) is 54.6 Å². The predicted octanol–water partition coefficient (Wildman–Crippen LogP) is 2.66. The number of carbonyl (C=O) groups is 1. The monoisotopic (exact) mass is 349 g/mol. The first-order valence-corrected chi connectivity index (χ1v) is 9.51. The molecule has 0 aliphatic carbocycles. The van der Waals surface area contributed by atoms with E-state index in [2.05, 4.69) is 5.32 Å². The number of nitrogens with one attached hydrogen (secondary N) is 1. The lowest BCUT2D eigenvalue weighted by atomic mass is 9.98. The molecule has 1 amide bonds. The van der Waals surface area contributed by atoms with Gasteiger partial charge in [0.05, 0.1) is 6.04 Å². The van der Waals surface area contributed by atoms with Crippen LogP contribution in [0.3, 0.4) is 0 Å². The summed E-state index contributed by atoms with van der Waals surface area (Å²) in [7, 11) is -3.47. The van der Waals surface area contributed by atoms with E-state index < -0.39 is 27.0 Å². The summed E-state index contributed by atoms with van der Waals surface area (Å²) in [5, 5.41) is 1.66. The summed E-state index contributed by atoms with van der Waals surface area (Å²) < 4.78 is 36.2. The fourth-order valence-electron chi connectivity index (χ4n) is 2.28. The first-order chi connectivity index (χ1) is 11.3. The second kappa shape index (κ2) is 7.57. The van der Waals surface area contributed by atoms with Crippen LogP contribution in [0.25, 0.3) is 0 Å². The molecule has 0 bridgehead atoms. The lowest BCUT2D eigenvalue weighted by molar-refractivity contribution is -0.121. The Hall–Kier alpha value is -2.21. The van der Waals surface area contributed by atoms with Gasteiger partial charge in [0.25, 0.3) is 0 Å². The number of hydrogen-bond donors (Lipinski definition) is 1. The van der Waals surface area contributed by atoms with Gasteiger partial charge in [-0.05, 0) is 36.6 Å². The van der Waals surface area contributed by atoms with E-state index >= 15 is 0 Å². The second-order valence-electron chi connectivity index (χ2n) is 5.77. The van der Waals surface area contributed by atoms with Crippen molar-refractivity contribution in [1.82, 2.24) is 5.32 Å². The van der Waals surface area contributed by atoms with Crippen molar-refractivity contribution in [2.45, 2.75) is 24.6 Å². The molecule has 2 aromatic carbocycles. The van der Waals surface area contributed by atoms with Gasteiger partial charge in [-0.2, -0.15) is 0 Å². The molecule has 2 aromatic rings. The minimum Gasteiger partial charge on any atom is -0.348 e. The molecule has 2 rings (SSSR count). The normalized spacial score (nSPS) is 14.0. The third-order valence-corrected chi connectivity index (χ3v) is 5.38.